The van der Waals surface area contributed by atoms with Crippen LogP contribution >= 0.6 is 0 Å². The summed E-state index contributed by atoms with van der Waals surface area (Å²) < 4.78 is 0. The molecule has 0 aromatic carbocycles. The topological polar surface area (TPSA) is 89.8 Å². The Hall–Kier alpha value is -1.17. The van der Waals surface area contributed by atoms with E-state index in [-0.39, 0.29) is 6.61 Å². The maximum atomic E-state index is 12.3. The normalized spacial score (nSPS) is 14.4. The first-order valence-corrected chi connectivity index (χ1v) is 15.7. The van der Waals surface area contributed by atoms with Crippen LogP contribution in [0.15, 0.2) is 24.3 Å². The first-order valence-electron chi connectivity index (χ1n) is 15.7. The van der Waals surface area contributed by atoms with Crippen LogP contribution in [0.5, 0.6) is 0 Å². The molecule has 0 aromatic heterocycles. The van der Waals surface area contributed by atoms with E-state index in [0.717, 1.165) is 38.5 Å². The Bertz CT molecular complexity index is 549. The van der Waals surface area contributed by atoms with E-state index in [0.29, 0.717) is 6.42 Å². The van der Waals surface area contributed by atoms with E-state index >= 15 is 0 Å². The number of nitrogens with one attached hydrogen (secondary N) is 1. The molecule has 218 valence electrons. The van der Waals surface area contributed by atoms with Gasteiger partial charge in [-0.3, -0.25) is 4.79 Å². The number of allylic oxidation sites excluding steroid dienone is 3. The number of rotatable bonds is 27. The molecule has 37 heavy (non-hydrogen) atoms. The fraction of sp³-hybridized carbons (Fsp3) is 0.844. The highest BCUT2D eigenvalue weighted by atomic mass is 16.3. The molecule has 0 saturated carbocycles. The predicted molar refractivity (Wildman–Crippen MR) is 158 cm³/mol. The first kappa shape index (κ1) is 35.8. The molecule has 0 rings (SSSR count). The van der Waals surface area contributed by atoms with Gasteiger partial charge in [0, 0.05) is 0 Å². The minimum absolute atomic E-state index is 0.374. The van der Waals surface area contributed by atoms with Crippen molar-refractivity contribution >= 4 is 5.91 Å². The summed E-state index contributed by atoms with van der Waals surface area (Å²) in [7, 11) is 0. The van der Waals surface area contributed by atoms with E-state index in [1.165, 1.54) is 89.9 Å². The van der Waals surface area contributed by atoms with Crippen molar-refractivity contribution in [2.75, 3.05) is 6.61 Å². The molecule has 1 amide bonds. The predicted octanol–water partition coefficient (Wildman–Crippen LogP) is 7.53. The van der Waals surface area contributed by atoms with Crippen LogP contribution in [0.4, 0.5) is 0 Å². The molecular weight excluding hydrogens is 462 g/mol. The zero-order valence-electron chi connectivity index (χ0n) is 24.3. The van der Waals surface area contributed by atoms with Crippen molar-refractivity contribution in [1.82, 2.24) is 5.32 Å². The van der Waals surface area contributed by atoms with Gasteiger partial charge < -0.3 is 20.6 Å². The maximum absolute atomic E-state index is 12.3. The number of unbranched alkanes of at least 4 members (excludes halogenated alkanes) is 17. The Labute approximate surface area is 229 Å². The molecule has 5 heteroatoms. The molecule has 0 aliphatic rings. The first-order chi connectivity index (χ1) is 18.1. The van der Waals surface area contributed by atoms with Crippen molar-refractivity contribution in [2.45, 2.75) is 167 Å². The van der Waals surface area contributed by atoms with Gasteiger partial charge in [-0.1, -0.05) is 141 Å². The molecule has 0 saturated heterocycles. The van der Waals surface area contributed by atoms with Gasteiger partial charge in [-0.15, -0.1) is 0 Å². The third-order valence-electron chi connectivity index (χ3n) is 7.04. The van der Waals surface area contributed by atoms with Crippen LogP contribution in [-0.2, 0) is 4.79 Å². The average molecular weight is 524 g/mol. The fourth-order valence-corrected chi connectivity index (χ4v) is 4.49. The third kappa shape index (κ3) is 23.7. The lowest BCUT2D eigenvalue weighted by Crippen LogP contribution is -2.48. The quantitative estimate of drug-likeness (QED) is 0.0661. The van der Waals surface area contributed by atoms with Crippen molar-refractivity contribution < 1.29 is 20.1 Å². The van der Waals surface area contributed by atoms with Crippen molar-refractivity contribution in [3.8, 4) is 0 Å². The fourth-order valence-electron chi connectivity index (χ4n) is 4.49. The average Bonchev–Trinajstić information content (AvgIpc) is 2.90. The largest absolute Gasteiger partial charge is 0.394 e. The number of hydrogen-bond donors (Lipinski definition) is 4. The third-order valence-corrected chi connectivity index (χ3v) is 7.04. The Balaban J connectivity index is 3.88. The molecule has 0 radical (unpaired) electrons. The summed E-state index contributed by atoms with van der Waals surface area (Å²) in [5.74, 6) is -0.517. The van der Waals surface area contributed by atoms with Crippen molar-refractivity contribution in [2.24, 2.45) is 0 Å². The number of carbonyl (C=O) groups excluding carboxylic acids is 1. The van der Waals surface area contributed by atoms with Crippen molar-refractivity contribution in [3.63, 3.8) is 0 Å². The molecular formula is C32H61NO4. The summed E-state index contributed by atoms with van der Waals surface area (Å²) in [5, 5.41) is 32.7. The second kappa shape index (κ2) is 27.9. The number of amides is 1. The van der Waals surface area contributed by atoms with Gasteiger partial charge in [0.25, 0.3) is 0 Å². The van der Waals surface area contributed by atoms with Crippen LogP contribution < -0.4 is 5.32 Å². The van der Waals surface area contributed by atoms with E-state index in [4.69, 9.17) is 0 Å². The smallest absolute Gasteiger partial charge is 0.249 e. The highest BCUT2D eigenvalue weighted by molar-refractivity contribution is 5.80. The van der Waals surface area contributed by atoms with E-state index in [2.05, 4.69) is 31.3 Å². The molecule has 0 fully saturated rings. The molecule has 4 N–H and O–H groups in total. The van der Waals surface area contributed by atoms with Gasteiger partial charge in [0.05, 0.1) is 18.8 Å². The Morgan fingerprint density at radius 3 is 1.65 bits per heavy atom. The lowest BCUT2D eigenvalue weighted by atomic mass is 10.0. The van der Waals surface area contributed by atoms with E-state index < -0.39 is 24.2 Å². The summed E-state index contributed by atoms with van der Waals surface area (Å²) >= 11 is 0. The minimum Gasteiger partial charge on any atom is -0.394 e. The lowest BCUT2D eigenvalue weighted by Gasteiger charge is -2.21. The highest BCUT2D eigenvalue weighted by Gasteiger charge is 2.22. The van der Waals surface area contributed by atoms with Gasteiger partial charge in [0.1, 0.15) is 6.10 Å². The zero-order valence-corrected chi connectivity index (χ0v) is 24.3. The highest BCUT2D eigenvalue weighted by Crippen LogP contribution is 2.13. The van der Waals surface area contributed by atoms with Gasteiger partial charge >= 0.3 is 0 Å². The van der Waals surface area contributed by atoms with Crippen LogP contribution in [0.1, 0.15) is 149 Å². The van der Waals surface area contributed by atoms with Crippen molar-refractivity contribution in [3.05, 3.63) is 24.3 Å². The molecule has 0 spiro atoms. The van der Waals surface area contributed by atoms with E-state index in [9.17, 15) is 20.1 Å². The van der Waals surface area contributed by atoms with Gasteiger partial charge in [0.15, 0.2) is 0 Å². The Morgan fingerprint density at radius 2 is 1.11 bits per heavy atom. The van der Waals surface area contributed by atoms with Crippen LogP contribution in [0.25, 0.3) is 0 Å². The lowest BCUT2D eigenvalue weighted by molar-refractivity contribution is -0.131. The molecule has 0 aromatic rings. The van der Waals surface area contributed by atoms with Gasteiger partial charge in [-0.25, -0.2) is 0 Å². The number of aliphatic hydroxyl groups excluding tert-OH is 3. The molecule has 3 atom stereocenters. The van der Waals surface area contributed by atoms with Crippen LogP contribution in [0, 0.1) is 0 Å². The molecule has 0 aliphatic heterocycles. The van der Waals surface area contributed by atoms with Gasteiger partial charge in [-0.2, -0.15) is 0 Å². The Kier molecular flexibility index (Phi) is 27.0. The minimum atomic E-state index is -1.10. The summed E-state index contributed by atoms with van der Waals surface area (Å²) in [5.41, 5.74) is 0. The molecule has 3 unspecified atom stereocenters. The number of aliphatic hydroxyl groups is 3. The second-order valence-corrected chi connectivity index (χ2v) is 10.7. The Morgan fingerprint density at radius 1 is 0.649 bits per heavy atom. The number of carbonyl (C=O) groups is 1. The van der Waals surface area contributed by atoms with Gasteiger partial charge in [-0.05, 0) is 32.1 Å². The molecule has 0 bridgehead atoms. The summed E-state index contributed by atoms with van der Waals surface area (Å²) in [6, 6.07) is -0.807. The van der Waals surface area contributed by atoms with E-state index in [1.54, 1.807) is 6.08 Å². The molecule has 0 aliphatic carbocycles. The molecule has 5 nitrogen and oxygen atoms in total. The van der Waals surface area contributed by atoms with Crippen LogP contribution in [0.3, 0.4) is 0 Å². The summed E-state index contributed by atoms with van der Waals surface area (Å²) in [6.45, 7) is 4.10. The maximum Gasteiger partial charge on any atom is 0.249 e. The van der Waals surface area contributed by atoms with Crippen LogP contribution in [-0.4, -0.2) is 46.1 Å². The summed E-state index contributed by atoms with van der Waals surface area (Å²) in [6.07, 6.45) is 30.4. The number of hydrogen-bond acceptors (Lipinski definition) is 4. The van der Waals surface area contributed by atoms with E-state index in [1.807, 2.05) is 6.08 Å². The monoisotopic (exact) mass is 523 g/mol. The van der Waals surface area contributed by atoms with Crippen LogP contribution in [0.2, 0.25) is 0 Å². The van der Waals surface area contributed by atoms with Gasteiger partial charge in [0.2, 0.25) is 5.91 Å². The SMILES string of the molecule is CCCCCCCC/C=C/CC/C=C/C(O)C(CO)NC(=O)C(O)CCCCCCCCCCCCC. The molecule has 0 heterocycles. The zero-order chi connectivity index (χ0) is 27.4. The second-order valence-electron chi connectivity index (χ2n) is 10.7. The summed E-state index contributed by atoms with van der Waals surface area (Å²) in [4.78, 5) is 12.3. The van der Waals surface area contributed by atoms with Crippen molar-refractivity contribution in [1.29, 1.82) is 0 Å². The standard InChI is InChI=1S/C32H61NO4/c1-3-5-7-9-11-13-15-17-18-20-22-24-26-30(35)29(28-34)33-32(37)31(36)27-25-23-21-19-16-14-12-10-8-6-4-2/h17-18,24,26,29-31,34-36H,3-16,19-23,25,27-28H2,1-2H3,(H,33,37)/b18-17+,26-24+.